The van der Waals surface area contributed by atoms with E-state index in [4.69, 9.17) is 0 Å². The van der Waals surface area contributed by atoms with E-state index < -0.39 is 5.92 Å². The molecule has 18 heavy (non-hydrogen) atoms. The third kappa shape index (κ3) is 3.70. The van der Waals surface area contributed by atoms with E-state index in [2.05, 4.69) is 19.9 Å². The third-order valence-electron chi connectivity index (χ3n) is 3.28. The fourth-order valence-corrected chi connectivity index (χ4v) is 1.85. The predicted molar refractivity (Wildman–Crippen MR) is 73.3 cm³/mol. The van der Waals surface area contributed by atoms with E-state index in [0.717, 1.165) is 17.5 Å². The summed E-state index contributed by atoms with van der Waals surface area (Å²) in [5, 5.41) is 9.20. The van der Waals surface area contributed by atoms with E-state index in [1.807, 2.05) is 32.0 Å². The number of Topliss-reactive ketones (excluding diaryl/α,β-unsaturated/α-hetero) is 1. The molecule has 0 spiro atoms. The van der Waals surface area contributed by atoms with Crippen molar-refractivity contribution in [2.75, 3.05) is 0 Å². The van der Waals surface area contributed by atoms with Crippen molar-refractivity contribution in [2.24, 2.45) is 5.92 Å². The second-order valence-electron chi connectivity index (χ2n) is 5.30. The highest BCUT2D eigenvalue weighted by Crippen LogP contribution is 2.22. The number of nitrogens with zero attached hydrogens (tertiary/aromatic N) is 1. The fraction of sp³-hybridized carbons (Fsp3) is 0.500. The lowest BCUT2D eigenvalue weighted by molar-refractivity contribution is -0.119. The van der Waals surface area contributed by atoms with E-state index in [0.29, 0.717) is 12.3 Å². The minimum absolute atomic E-state index is 0.0365. The van der Waals surface area contributed by atoms with Crippen molar-refractivity contribution >= 4 is 5.78 Å². The number of ketones is 1. The first-order valence-electron chi connectivity index (χ1n) is 6.45. The van der Waals surface area contributed by atoms with Crippen LogP contribution in [0.5, 0.6) is 0 Å². The average Bonchev–Trinajstić information content (AvgIpc) is 2.32. The molecule has 0 aliphatic heterocycles. The molecular formula is C16H21NO. The molecule has 1 aromatic carbocycles. The topological polar surface area (TPSA) is 40.9 Å². The maximum atomic E-state index is 12.1. The molecule has 0 radical (unpaired) electrons. The van der Waals surface area contributed by atoms with Crippen LogP contribution >= 0.6 is 0 Å². The van der Waals surface area contributed by atoms with Gasteiger partial charge in [-0.05, 0) is 42.9 Å². The first-order valence-corrected chi connectivity index (χ1v) is 6.45. The predicted octanol–water partition coefficient (Wildman–Crippen LogP) is 3.92. The van der Waals surface area contributed by atoms with Crippen LogP contribution in [0.2, 0.25) is 0 Å². The van der Waals surface area contributed by atoms with Crippen molar-refractivity contribution in [2.45, 2.75) is 46.5 Å². The molecule has 0 fully saturated rings. The zero-order valence-corrected chi connectivity index (χ0v) is 11.7. The monoisotopic (exact) mass is 243 g/mol. The van der Waals surface area contributed by atoms with Crippen molar-refractivity contribution in [1.82, 2.24) is 0 Å². The first kappa shape index (κ1) is 14.4. The maximum absolute atomic E-state index is 12.1. The number of rotatable bonds is 5. The summed E-state index contributed by atoms with van der Waals surface area (Å²) < 4.78 is 0. The molecular weight excluding hydrogens is 222 g/mol. The number of aryl methyl sites for hydroxylation is 2. The molecule has 0 heterocycles. The van der Waals surface area contributed by atoms with Crippen LogP contribution in [0.1, 0.15) is 49.3 Å². The van der Waals surface area contributed by atoms with E-state index >= 15 is 0 Å². The van der Waals surface area contributed by atoms with Gasteiger partial charge in [-0.2, -0.15) is 5.26 Å². The Kier molecular flexibility index (Phi) is 5.09. The van der Waals surface area contributed by atoms with Crippen LogP contribution in [0, 0.1) is 31.1 Å². The molecule has 1 rings (SSSR count). The number of nitriles is 1. The molecule has 96 valence electrons. The summed E-state index contributed by atoms with van der Waals surface area (Å²) in [7, 11) is 0. The Hall–Kier alpha value is -1.62. The summed E-state index contributed by atoms with van der Waals surface area (Å²) in [6, 6.07) is 7.96. The van der Waals surface area contributed by atoms with Gasteiger partial charge in [-0.3, -0.25) is 4.79 Å². The highest BCUT2D eigenvalue weighted by molar-refractivity contribution is 5.88. The van der Waals surface area contributed by atoms with E-state index in [9.17, 15) is 10.1 Å². The van der Waals surface area contributed by atoms with Gasteiger partial charge in [-0.25, -0.2) is 0 Å². The standard InChI is InChI=1S/C16H21NO/c1-11(2)5-8-16(18)15(10-17)14-7-6-12(3)13(4)9-14/h6-7,9,11,15H,5,8H2,1-4H3. The average molecular weight is 243 g/mol. The summed E-state index contributed by atoms with van der Waals surface area (Å²) in [4.78, 5) is 12.1. The van der Waals surface area contributed by atoms with Crippen LogP contribution in [0.25, 0.3) is 0 Å². The van der Waals surface area contributed by atoms with Crippen molar-refractivity contribution in [1.29, 1.82) is 5.26 Å². The molecule has 0 N–H and O–H groups in total. The SMILES string of the molecule is Cc1ccc(C(C#N)C(=O)CCC(C)C)cc1C. The molecule has 2 heteroatoms. The Balaban J connectivity index is 2.86. The maximum Gasteiger partial charge on any atom is 0.154 e. The zero-order valence-electron chi connectivity index (χ0n) is 11.7. The molecule has 1 unspecified atom stereocenters. The van der Waals surface area contributed by atoms with Crippen molar-refractivity contribution < 1.29 is 4.79 Å². The second kappa shape index (κ2) is 6.35. The van der Waals surface area contributed by atoms with Crippen LogP contribution in [-0.2, 0) is 4.79 Å². The quantitative estimate of drug-likeness (QED) is 0.786. The number of hydrogen-bond donors (Lipinski definition) is 0. The van der Waals surface area contributed by atoms with E-state index in [-0.39, 0.29) is 5.78 Å². The summed E-state index contributed by atoms with van der Waals surface area (Å²) in [6.45, 7) is 8.21. The number of carbonyl (C=O) groups is 1. The summed E-state index contributed by atoms with van der Waals surface area (Å²) in [5.41, 5.74) is 3.14. The van der Waals surface area contributed by atoms with Gasteiger partial charge in [0.05, 0.1) is 6.07 Å². The van der Waals surface area contributed by atoms with Crippen LogP contribution < -0.4 is 0 Å². The summed E-state index contributed by atoms with van der Waals surface area (Å²) in [5.74, 6) is -0.0782. The van der Waals surface area contributed by atoms with Gasteiger partial charge in [-0.15, -0.1) is 0 Å². The lowest BCUT2D eigenvalue weighted by atomic mass is 9.90. The molecule has 1 aromatic rings. The summed E-state index contributed by atoms with van der Waals surface area (Å²) >= 11 is 0. The van der Waals surface area contributed by atoms with Crippen molar-refractivity contribution in [3.63, 3.8) is 0 Å². The van der Waals surface area contributed by atoms with Gasteiger partial charge in [0, 0.05) is 6.42 Å². The minimum atomic E-state index is -0.608. The third-order valence-corrected chi connectivity index (χ3v) is 3.28. The summed E-state index contributed by atoms with van der Waals surface area (Å²) in [6.07, 6.45) is 1.34. The highest BCUT2D eigenvalue weighted by Gasteiger charge is 2.20. The lowest BCUT2D eigenvalue weighted by Crippen LogP contribution is -2.12. The van der Waals surface area contributed by atoms with Gasteiger partial charge in [0.1, 0.15) is 5.92 Å². The van der Waals surface area contributed by atoms with Crippen LogP contribution in [0.3, 0.4) is 0 Å². The Morgan fingerprint density at radius 2 is 1.94 bits per heavy atom. The lowest BCUT2D eigenvalue weighted by Gasteiger charge is -2.11. The Morgan fingerprint density at radius 1 is 1.28 bits per heavy atom. The molecule has 1 atom stereocenters. The van der Waals surface area contributed by atoms with Gasteiger partial charge in [0.2, 0.25) is 0 Å². The molecule has 0 amide bonds. The van der Waals surface area contributed by atoms with Crippen LogP contribution in [0.4, 0.5) is 0 Å². The van der Waals surface area contributed by atoms with Crippen molar-refractivity contribution in [3.05, 3.63) is 34.9 Å². The molecule has 0 bridgehead atoms. The van der Waals surface area contributed by atoms with Crippen molar-refractivity contribution in [3.8, 4) is 6.07 Å². The van der Waals surface area contributed by atoms with Gasteiger partial charge >= 0.3 is 0 Å². The fourth-order valence-electron chi connectivity index (χ4n) is 1.85. The van der Waals surface area contributed by atoms with E-state index in [1.54, 1.807) is 0 Å². The minimum Gasteiger partial charge on any atom is -0.298 e. The Bertz CT molecular complexity index is 468. The van der Waals surface area contributed by atoms with Gasteiger partial charge in [-0.1, -0.05) is 32.0 Å². The van der Waals surface area contributed by atoms with Gasteiger partial charge in [0.25, 0.3) is 0 Å². The normalized spacial score (nSPS) is 12.2. The number of benzene rings is 1. The molecule has 2 nitrogen and oxygen atoms in total. The van der Waals surface area contributed by atoms with Gasteiger partial charge in [0.15, 0.2) is 5.78 Å². The number of carbonyl (C=O) groups excluding carboxylic acids is 1. The largest absolute Gasteiger partial charge is 0.298 e. The first-order chi connectivity index (χ1) is 8.45. The smallest absolute Gasteiger partial charge is 0.154 e. The molecule has 0 aliphatic carbocycles. The molecule has 0 aliphatic rings. The number of hydrogen-bond acceptors (Lipinski definition) is 2. The molecule has 0 aromatic heterocycles. The molecule has 0 saturated heterocycles. The highest BCUT2D eigenvalue weighted by atomic mass is 16.1. The zero-order chi connectivity index (χ0) is 13.7. The Morgan fingerprint density at radius 3 is 2.44 bits per heavy atom. The Labute approximate surface area is 110 Å². The second-order valence-corrected chi connectivity index (χ2v) is 5.30. The van der Waals surface area contributed by atoms with Crippen LogP contribution in [0.15, 0.2) is 18.2 Å². The van der Waals surface area contributed by atoms with Gasteiger partial charge < -0.3 is 0 Å². The molecule has 0 saturated carbocycles. The van der Waals surface area contributed by atoms with E-state index in [1.165, 1.54) is 5.56 Å². The van der Waals surface area contributed by atoms with Crippen LogP contribution in [-0.4, -0.2) is 5.78 Å².